The second-order valence-corrected chi connectivity index (χ2v) is 5.53. The van der Waals surface area contributed by atoms with E-state index in [9.17, 15) is 9.59 Å². The average molecular weight is 326 g/mol. The third-order valence-electron chi connectivity index (χ3n) is 3.44. The molecule has 0 aliphatic carbocycles. The van der Waals surface area contributed by atoms with Crippen LogP contribution in [0.25, 0.3) is 0 Å². The first-order valence-electron chi connectivity index (χ1n) is 7.09. The van der Waals surface area contributed by atoms with Crippen molar-refractivity contribution in [1.82, 2.24) is 10.6 Å². The van der Waals surface area contributed by atoms with Gasteiger partial charge in [-0.3, -0.25) is 4.79 Å². The summed E-state index contributed by atoms with van der Waals surface area (Å²) in [5, 5.41) is 5.82. The SMILES string of the molecule is O=C(Oc1ccc(CC2NC(=S)NC2=O)cc1)c1ccccc1. The van der Waals surface area contributed by atoms with Gasteiger partial charge in [-0.15, -0.1) is 0 Å². The van der Waals surface area contributed by atoms with Gasteiger partial charge in [0, 0.05) is 6.42 Å². The van der Waals surface area contributed by atoms with Crippen molar-refractivity contribution in [3.63, 3.8) is 0 Å². The molecule has 2 aromatic carbocycles. The van der Waals surface area contributed by atoms with Crippen LogP contribution in [-0.2, 0) is 11.2 Å². The molecule has 0 spiro atoms. The Bertz CT molecular complexity index is 744. The number of hydrogen-bond acceptors (Lipinski definition) is 4. The van der Waals surface area contributed by atoms with Crippen molar-refractivity contribution in [2.75, 3.05) is 0 Å². The van der Waals surface area contributed by atoms with Gasteiger partial charge in [-0.2, -0.15) is 0 Å². The van der Waals surface area contributed by atoms with Crippen molar-refractivity contribution in [2.45, 2.75) is 12.5 Å². The Morgan fingerprint density at radius 3 is 2.39 bits per heavy atom. The maximum absolute atomic E-state index is 12.0. The molecule has 2 N–H and O–H groups in total. The number of hydrogen-bond donors (Lipinski definition) is 2. The van der Waals surface area contributed by atoms with Crippen LogP contribution in [-0.4, -0.2) is 23.0 Å². The molecule has 6 heteroatoms. The van der Waals surface area contributed by atoms with Crippen LogP contribution < -0.4 is 15.4 Å². The van der Waals surface area contributed by atoms with E-state index in [1.807, 2.05) is 18.2 Å². The van der Waals surface area contributed by atoms with Gasteiger partial charge in [0.25, 0.3) is 0 Å². The second kappa shape index (κ2) is 6.58. The Labute approximate surface area is 138 Å². The summed E-state index contributed by atoms with van der Waals surface area (Å²) in [4.78, 5) is 23.6. The number of carbonyl (C=O) groups excluding carboxylic acids is 2. The molecule has 0 saturated carbocycles. The molecule has 1 aliphatic heterocycles. The van der Waals surface area contributed by atoms with Gasteiger partial charge in [-0.1, -0.05) is 30.3 Å². The number of amides is 1. The van der Waals surface area contributed by atoms with Crippen molar-refractivity contribution in [1.29, 1.82) is 0 Å². The number of ether oxygens (including phenoxy) is 1. The molecule has 1 heterocycles. The second-order valence-electron chi connectivity index (χ2n) is 5.12. The first-order chi connectivity index (χ1) is 11.1. The molecule has 23 heavy (non-hydrogen) atoms. The molecular formula is C17H14N2O3S. The predicted octanol–water partition coefficient (Wildman–Crippen LogP) is 1.82. The summed E-state index contributed by atoms with van der Waals surface area (Å²) in [7, 11) is 0. The molecule has 5 nitrogen and oxygen atoms in total. The maximum Gasteiger partial charge on any atom is 0.343 e. The molecule has 0 radical (unpaired) electrons. The number of thiocarbonyl (C=S) groups is 1. The largest absolute Gasteiger partial charge is 0.423 e. The topological polar surface area (TPSA) is 67.4 Å². The van der Waals surface area contributed by atoms with Gasteiger partial charge in [-0.05, 0) is 42.0 Å². The molecule has 1 amide bonds. The smallest absolute Gasteiger partial charge is 0.343 e. The first-order valence-corrected chi connectivity index (χ1v) is 7.50. The lowest BCUT2D eigenvalue weighted by Gasteiger charge is -2.09. The first kappa shape index (κ1) is 15.2. The third kappa shape index (κ3) is 3.73. The van der Waals surface area contributed by atoms with E-state index in [1.165, 1.54) is 0 Å². The quantitative estimate of drug-likeness (QED) is 0.510. The highest BCUT2D eigenvalue weighted by Gasteiger charge is 2.26. The molecule has 1 atom stereocenters. The van der Waals surface area contributed by atoms with Gasteiger partial charge in [0.1, 0.15) is 11.8 Å². The van der Waals surface area contributed by atoms with Crippen LogP contribution in [0.3, 0.4) is 0 Å². The van der Waals surface area contributed by atoms with Crippen molar-refractivity contribution in [2.24, 2.45) is 0 Å². The molecule has 0 bridgehead atoms. The van der Waals surface area contributed by atoms with Crippen LogP contribution in [0.2, 0.25) is 0 Å². The van der Waals surface area contributed by atoms with Crippen molar-refractivity contribution in [3.05, 3.63) is 65.7 Å². The van der Waals surface area contributed by atoms with E-state index < -0.39 is 5.97 Å². The normalized spacial score (nSPS) is 16.6. The predicted molar refractivity (Wildman–Crippen MR) is 89.2 cm³/mol. The molecule has 1 aliphatic rings. The van der Waals surface area contributed by atoms with Gasteiger partial charge in [0.2, 0.25) is 5.91 Å². The number of rotatable bonds is 4. The van der Waals surface area contributed by atoms with Gasteiger partial charge in [-0.25, -0.2) is 4.79 Å². The summed E-state index contributed by atoms with van der Waals surface area (Å²) in [5.41, 5.74) is 1.44. The highest BCUT2D eigenvalue weighted by atomic mass is 32.1. The zero-order valence-electron chi connectivity index (χ0n) is 12.1. The third-order valence-corrected chi connectivity index (χ3v) is 3.66. The highest BCUT2D eigenvalue weighted by Crippen LogP contribution is 2.16. The Kier molecular flexibility index (Phi) is 4.34. The molecule has 116 valence electrons. The van der Waals surface area contributed by atoms with Gasteiger partial charge in [0.15, 0.2) is 5.11 Å². The van der Waals surface area contributed by atoms with E-state index in [2.05, 4.69) is 10.6 Å². The minimum Gasteiger partial charge on any atom is -0.423 e. The lowest BCUT2D eigenvalue weighted by molar-refractivity contribution is -0.120. The van der Waals surface area contributed by atoms with Crippen LogP contribution in [0.15, 0.2) is 54.6 Å². The fourth-order valence-electron chi connectivity index (χ4n) is 2.27. The molecule has 1 unspecified atom stereocenters. The van der Waals surface area contributed by atoms with Gasteiger partial charge in [0.05, 0.1) is 5.56 Å². The lowest BCUT2D eigenvalue weighted by atomic mass is 10.1. The summed E-state index contributed by atoms with van der Waals surface area (Å²) < 4.78 is 5.31. The summed E-state index contributed by atoms with van der Waals surface area (Å²) in [6.45, 7) is 0. The number of carbonyl (C=O) groups is 2. The van der Waals surface area contributed by atoms with Crippen LogP contribution >= 0.6 is 12.2 Å². The van der Waals surface area contributed by atoms with Crippen molar-refractivity contribution in [3.8, 4) is 5.75 Å². The Morgan fingerprint density at radius 1 is 1.09 bits per heavy atom. The van der Waals surface area contributed by atoms with Crippen LogP contribution in [0, 0.1) is 0 Å². The Hall–Kier alpha value is -2.73. The molecular weight excluding hydrogens is 312 g/mol. The van der Waals surface area contributed by atoms with E-state index in [4.69, 9.17) is 17.0 Å². The highest BCUT2D eigenvalue weighted by molar-refractivity contribution is 7.80. The molecule has 3 rings (SSSR count). The van der Waals surface area contributed by atoms with Crippen LogP contribution in [0.4, 0.5) is 0 Å². The van der Waals surface area contributed by atoms with E-state index in [-0.39, 0.29) is 11.9 Å². The van der Waals surface area contributed by atoms with Crippen LogP contribution in [0.5, 0.6) is 5.75 Å². The van der Waals surface area contributed by atoms with Gasteiger partial charge < -0.3 is 15.4 Å². The summed E-state index contributed by atoms with van der Waals surface area (Å²) in [6.07, 6.45) is 0.513. The molecule has 1 fully saturated rings. The zero-order valence-corrected chi connectivity index (χ0v) is 12.9. The van der Waals surface area contributed by atoms with Crippen LogP contribution in [0.1, 0.15) is 15.9 Å². The van der Waals surface area contributed by atoms with Gasteiger partial charge >= 0.3 is 5.97 Å². The number of nitrogens with one attached hydrogen (secondary N) is 2. The average Bonchev–Trinajstić information content (AvgIpc) is 2.87. The van der Waals surface area contributed by atoms with E-state index >= 15 is 0 Å². The molecule has 1 saturated heterocycles. The zero-order chi connectivity index (χ0) is 16.2. The minimum atomic E-state index is -0.402. The van der Waals surface area contributed by atoms with E-state index in [1.54, 1.807) is 36.4 Å². The van der Waals surface area contributed by atoms with E-state index in [0.717, 1.165) is 5.56 Å². The Balaban J connectivity index is 1.62. The number of esters is 1. The van der Waals surface area contributed by atoms with Crippen molar-refractivity contribution >= 4 is 29.2 Å². The summed E-state index contributed by atoms with van der Waals surface area (Å²) >= 11 is 4.90. The fraction of sp³-hybridized carbons (Fsp3) is 0.118. The number of benzene rings is 2. The standard InChI is InChI=1S/C17H14N2O3S/c20-15-14(18-17(23)19-15)10-11-6-8-13(9-7-11)22-16(21)12-4-2-1-3-5-12/h1-9,14H,10H2,(H2,18,19,20,23). The minimum absolute atomic E-state index is 0.130. The fourth-order valence-corrected chi connectivity index (χ4v) is 2.51. The lowest BCUT2D eigenvalue weighted by Crippen LogP contribution is -2.30. The Morgan fingerprint density at radius 2 is 1.78 bits per heavy atom. The monoisotopic (exact) mass is 326 g/mol. The summed E-state index contributed by atoms with van der Waals surface area (Å²) in [5.74, 6) is -0.0722. The van der Waals surface area contributed by atoms with Crippen molar-refractivity contribution < 1.29 is 14.3 Å². The summed E-state index contributed by atoms with van der Waals surface area (Å²) in [6, 6.07) is 15.5. The molecule has 0 aromatic heterocycles. The van der Waals surface area contributed by atoms with E-state index in [0.29, 0.717) is 22.8 Å². The maximum atomic E-state index is 12.0. The molecule has 2 aromatic rings.